The second kappa shape index (κ2) is 12.0. The maximum atomic E-state index is 5.56. The lowest BCUT2D eigenvalue weighted by atomic mass is 10.2. The lowest BCUT2D eigenvalue weighted by Crippen LogP contribution is -2.28. The van der Waals surface area contributed by atoms with E-state index in [0.29, 0.717) is 13.2 Å². The SMILES string of the molecule is CCCCCNCC(C)OCCOCC. The second-order valence-corrected chi connectivity index (χ2v) is 3.79. The highest BCUT2D eigenvalue weighted by Crippen LogP contribution is 1.93. The molecule has 0 aliphatic heterocycles. The molecule has 0 aliphatic rings. The van der Waals surface area contributed by atoms with Crippen LogP contribution in [0.3, 0.4) is 0 Å². The van der Waals surface area contributed by atoms with Gasteiger partial charge in [0.25, 0.3) is 0 Å². The van der Waals surface area contributed by atoms with Gasteiger partial charge in [0, 0.05) is 13.2 Å². The molecular weight excluding hydrogens is 190 g/mol. The molecule has 0 rings (SSSR count). The zero-order valence-electron chi connectivity index (χ0n) is 10.6. The molecule has 0 aromatic rings. The highest BCUT2D eigenvalue weighted by atomic mass is 16.5. The fourth-order valence-electron chi connectivity index (χ4n) is 1.32. The Morgan fingerprint density at radius 1 is 1.13 bits per heavy atom. The highest BCUT2D eigenvalue weighted by Gasteiger charge is 2.00. The average Bonchev–Trinajstić information content (AvgIpc) is 2.24. The molecule has 1 unspecified atom stereocenters. The summed E-state index contributed by atoms with van der Waals surface area (Å²) >= 11 is 0. The van der Waals surface area contributed by atoms with E-state index in [2.05, 4.69) is 19.2 Å². The van der Waals surface area contributed by atoms with Crippen molar-refractivity contribution >= 4 is 0 Å². The van der Waals surface area contributed by atoms with Crippen molar-refractivity contribution in [3.63, 3.8) is 0 Å². The summed E-state index contributed by atoms with van der Waals surface area (Å²) in [5, 5.41) is 3.40. The van der Waals surface area contributed by atoms with Crippen LogP contribution in [0.4, 0.5) is 0 Å². The third kappa shape index (κ3) is 11.8. The van der Waals surface area contributed by atoms with Gasteiger partial charge in [-0.15, -0.1) is 0 Å². The summed E-state index contributed by atoms with van der Waals surface area (Å²) in [5.74, 6) is 0. The van der Waals surface area contributed by atoms with Gasteiger partial charge in [0.15, 0.2) is 0 Å². The minimum Gasteiger partial charge on any atom is -0.379 e. The van der Waals surface area contributed by atoms with E-state index in [1.807, 2.05) is 6.92 Å². The Morgan fingerprint density at radius 3 is 2.60 bits per heavy atom. The second-order valence-electron chi connectivity index (χ2n) is 3.79. The molecule has 3 nitrogen and oxygen atoms in total. The zero-order chi connectivity index (χ0) is 11.4. The smallest absolute Gasteiger partial charge is 0.0704 e. The number of nitrogens with one attached hydrogen (secondary N) is 1. The quantitative estimate of drug-likeness (QED) is 0.538. The van der Waals surface area contributed by atoms with E-state index in [9.17, 15) is 0 Å². The summed E-state index contributed by atoms with van der Waals surface area (Å²) in [7, 11) is 0. The Bertz CT molecular complexity index is 120. The summed E-state index contributed by atoms with van der Waals surface area (Å²) in [6.45, 7) is 10.5. The molecule has 1 atom stereocenters. The Balaban J connectivity index is 3.08. The topological polar surface area (TPSA) is 30.5 Å². The Hall–Kier alpha value is -0.120. The fourth-order valence-corrected chi connectivity index (χ4v) is 1.32. The van der Waals surface area contributed by atoms with Gasteiger partial charge >= 0.3 is 0 Å². The van der Waals surface area contributed by atoms with Gasteiger partial charge in [0.2, 0.25) is 0 Å². The summed E-state index contributed by atoms with van der Waals surface area (Å²) in [5.41, 5.74) is 0. The van der Waals surface area contributed by atoms with Crippen LogP contribution in [0.2, 0.25) is 0 Å². The Labute approximate surface area is 94.5 Å². The van der Waals surface area contributed by atoms with E-state index in [1.165, 1.54) is 19.3 Å². The van der Waals surface area contributed by atoms with E-state index in [0.717, 1.165) is 19.7 Å². The van der Waals surface area contributed by atoms with Gasteiger partial charge in [0.05, 0.1) is 19.3 Å². The third-order valence-electron chi connectivity index (χ3n) is 2.22. The minimum absolute atomic E-state index is 0.284. The fraction of sp³-hybridized carbons (Fsp3) is 1.00. The lowest BCUT2D eigenvalue weighted by Gasteiger charge is -2.13. The van der Waals surface area contributed by atoms with Crippen molar-refractivity contribution in [3.8, 4) is 0 Å². The van der Waals surface area contributed by atoms with Gasteiger partial charge in [-0.25, -0.2) is 0 Å². The molecule has 0 radical (unpaired) electrons. The molecule has 0 aromatic carbocycles. The molecule has 15 heavy (non-hydrogen) atoms. The van der Waals surface area contributed by atoms with Crippen LogP contribution in [-0.2, 0) is 9.47 Å². The summed E-state index contributed by atoms with van der Waals surface area (Å²) < 4.78 is 10.8. The molecule has 0 amide bonds. The van der Waals surface area contributed by atoms with E-state index >= 15 is 0 Å². The molecule has 0 saturated heterocycles. The van der Waals surface area contributed by atoms with Crippen molar-refractivity contribution in [1.29, 1.82) is 0 Å². The van der Waals surface area contributed by atoms with Crippen LogP contribution in [0.1, 0.15) is 40.0 Å². The van der Waals surface area contributed by atoms with Gasteiger partial charge in [-0.3, -0.25) is 0 Å². The predicted molar refractivity (Wildman–Crippen MR) is 64.3 cm³/mol. The summed E-state index contributed by atoms with van der Waals surface area (Å²) in [6.07, 6.45) is 4.14. The van der Waals surface area contributed by atoms with E-state index < -0.39 is 0 Å². The normalized spacial score (nSPS) is 13.0. The predicted octanol–water partition coefficient (Wildman–Crippen LogP) is 2.21. The molecule has 0 heterocycles. The molecule has 0 spiro atoms. The van der Waals surface area contributed by atoms with Gasteiger partial charge in [-0.2, -0.15) is 0 Å². The van der Waals surface area contributed by atoms with Crippen molar-refractivity contribution in [2.75, 3.05) is 32.9 Å². The van der Waals surface area contributed by atoms with Crippen molar-refractivity contribution in [1.82, 2.24) is 5.32 Å². The number of ether oxygens (including phenoxy) is 2. The molecule has 0 aliphatic carbocycles. The monoisotopic (exact) mass is 217 g/mol. The maximum absolute atomic E-state index is 5.56. The van der Waals surface area contributed by atoms with Crippen molar-refractivity contribution < 1.29 is 9.47 Å². The van der Waals surface area contributed by atoms with Crippen LogP contribution in [0, 0.1) is 0 Å². The van der Waals surface area contributed by atoms with Crippen LogP contribution in [-0.4, -0.2) is 39.0 Å². The number of rotatable bonds is 11. The Kier molecular flexibility index (Phi) is 11.9. The van der Waals surface area contributed by atoms with Crippen LogP contribution >= 0.6 is 0 Å². The lowest BCUT2D eigenvalue weighted by molar-refractivity contribution is 0.0159. The number of unbranched alkanes of at least 4 members (excludes halogenated alkanes) is 2. The molecule has 92 valence electrons. The van der Waals surface area contributed by atoms with E-state index in [1.54, 1.807) is 0 Å². The average molecular weight is 217 g/mol. The van der Waals surface area contributed by atoms with Crippen molar-refractivity contribution in [2.24, 2.45) is 0 Å². The zero-order valence-corrected chi connectivity index (χ0v) is 10.6. The van der Waals surface area contributed by atoms with Crippen molar-refractivity contribution in [3.05, 3.63) is 0 Å². The standard InChI is InChI=1S/C12H27NO2/c1-4-6-7-8-13-11-12(3)15-10-9-14-5-2/h12-13H,4-11H2,1-3H3. The van der Waals surface area contributed by atoms with Gasteiger partial charge < -0.3 is 14.8 Å². The Morgan fingerprint density at radius 2 is 1.93 bits per heavy atom. The molecule has 0 aromatic heterocycles. The highest BCUT2D eigenvalue weighted by molar-refractivity contribution is 4.55. The molecule has 1 N–H and O–H groups in total. The van der Waals surface area contributed by atoms with Crippen LogP contribution in [0.15, 0.2) is 0 Å². The molecule has 0 bridgehead atoms. The largest absolute Gasteiger partial charge is 0.379 e. The summed E-state index contributed by atoms with van der Waals surface area (Å²) in [6, 6.07) is 0. The third-order valence-corrected chi connectivity index (χ3v) is 2.22. The number of hydrogen-bond acceptors (Lipinski definition) is 3. The number of hydrogen-bond donors (Lipinski definition) is 1. The van der Waals surface area contributed by atoms with Crippen LogP contribution in [0.25, 0.3) is 0 Å². The first-order valence-corrected chi connectivity index (χ1v) is 6.21. The maximum Gasteiger partial charge on any atom is 0.0704 e. The van der Waals surface area contributed by atoms with Crippen molar-refractivity contribution in [2.45, 2.75) is 46.1 Å². The first kappa shape index (κ1) is 14.9. The van der Waals surface area contributed by atoms with E-state index in [-0.39, 0.29) is 6.10 Å². The van der Waals surface area contributed by atoms with Gasteiger partial charge in [0.1, 0.15) is 0 Å². The minimum atomic E-state index is 0.284. The van der Waals surface area contributed by atoms with E-state index in [4.69, 9.17) is 9.47 Å². The van der Waals surface area contributed by atoms with Crippen LogP contribution < -0.4 is 5.32 Å². The molecule has 3 heteroatoms. The molecular formula is C12H27NO2. The molecule has 0 fully saturated rings. The van der Waals surface area contributed by atoms with Gasteiger partial charge in [-0.1, -0.05) is 19.8 Å². The van der Waals surface area contributed by atoms with Crippen LogP contribution in [0.5, 0.6) is 0 Å². The molecule has 0 saturated carbocycles. The summed E-state index contributed by atoms with van der Waals surface area (Å²) in [4.78, 5) is 0. The van der Waals surface area contributed by atoms with Gasteiger partial charge in [-0.05, 0) is 26.8 Å². The first-order chi connectivity index (χ1) is 7.31. The first-order valence-electron chi connectivity index (χ1n) is 6.21.